The summed E-state index contributed by atoms with van der Waals surface area (Å²) in [4.78, 5) is 14.6. The number of amides is 1. The lowest BCUT2D eigenvalue weighted by Crippen LogP contribution is -2.32. The van der Waals surface area contributed by atoms with Crippen LogP contribution in [0.2, 0.25) is 0 Å². The van der Waals surface area contributed by atoms with Gasteiger partial charge in [0, 0.05) is 18.2 Å². The predicted octanol–water partition coefficient (Wildman–Crippen LogP) is 4.29. The first-order valence-electron chi connectivity index (χ1n) is 8.74. The fourth-order valence-corrected chi connectivity index (χ4v) is 3.08. The average Bonchev–Trinajstić information content (AvgIpc) is 2.53. The van der Waals surface area contributed by atoms with Gasteiger partial charge in [-0.3, -0.25) is 9.69 Å². The van der Waals surface area contributed by atoms with E-state index in [1.54, 1.807) is 0 Å². The minimum atomic E-state index is 0.120. The van der Waals surface area contributed by atoms with Gasteiger partial charge in [-0.15, -0.1) is 0 Å². The number of carbonyl (C=O) groups is 1. The van der Waals surface area contributed by atoms with Crippen molar-refractivity contribution in [3.63, 3.8) is 0 Å². The van der Waals surface area contributed by atoms with E-state index >= 15 is 0 Å². The number of rotatable bonds is 6. The lowest BCUT2D eigenvalue weighted by atomic mass is 9.99. The highest BCUT2D eigenvalue weighted by Crippen LogP contribution is 2.19. The quantitative estimate of drug-likeness (QED) is 0.850. The third-order valence-corrected chi connectivity index (χ3v) is 4.86. The first kappa shape index (κ1) is 17.0. The molecule has 1 aromatic carbocycles. The summed E-state index contributed by atoms with van der Waals surface area (Å²) >= 11 is 0. The topological polar surface area (TPSA) is 32.3 Å². The van der Waals surface area contributed by atoms with E-state index in [1.807, 2.05) is 12.1 Å². The average molecular weight is 302 g/mol. The van der Waals surface area contributed by atoms with E-state index in [0.717, 1.165) is 31.0 Å². The van der Waals surface area contributed by atoms with E-state index in [0.29, 0.717) is 0 Å². The van der Waals surface area contributed by atoms with Crippen LogP contribution in [0.4, 0.5) is 5.69 Å². The number of nitrogens with one attached hydrogen (secondary N) is 1. The summed E-state index contributed by atoms with van der Waals surface area (Å²) in [6, 6.07) is 8.34. The Morgan fingerprint density at radius 1 is 1.18 bits per heavy atom. The molecular formula is C19H30N2O. The van der Waals surface area contributed by atoms with Gasteiger partial charge in [-0.25, -0.2) is 0 Å². The summed E-state index contributed by atoms with van der Waals surface area (Å²) in [5.74, 6) is 1.14. The van der Waals surface area contributed by atoms with Crippen LogP contribution in [0.25, 0.3) is 0 Å². The van der Waals surface area contributed by atoms with Crippen molar-refractivity contribution in [3.05, 3.63) is 29.8 Å². The molecule has 0 aromatic heterocycles. The molecule has 1 saturated heterocycles. The Labute approximate surface area is 135 Å². The van der Waals surface area contributed by atoms with Crippen LogP contribution in [0, 0.1) is 11.8 Å². The Kier molecular flexibility index (Phi) is 6.44. The highest BCUT2D eigenvalue weighted by Gasteiger charge is 2.16. The molecular weight excluding hydrogens is 272 g/mol. The Balaban J connectivity index is 1.86. The molecule has 3 heteroatoms. The minimum absolute atomic E-state index is 0.120. The van der Waals surface area contributed by atoms with Crippen LogP contribution in [-0.2, 0) is 11.3 Å². The molecule has 0 saturated carbocycles. The number of carbonyl (C=O) groups excluding carboxylic acids is 1. The molecule has 122 valence electrons. The highest BCUT2D eigenvalue weighted by atomic mass is 16.1. The maximum Gasteiger partial charge on any atom is 0.227 e. The van der Waals surface area contributed by atoms with Gasteiger partial charge >= 0.3 is 0 Å². The second-order valence-electron chi connectivity index (χ2n) is 6.66. The summed E-state index contributed by atoms with van der Waals surface area (Å²) in [6.45, 7) is 9.90. The second kappa shape index (κ2) is 8.33. The maximum atomic E-state index is 12.1. The van der Waals surface area contributed by atoms with Gasteiger partial charge in [0.2, 0.25) is 5.91 Å². The van der Waals surface area contributed by atoms with Gasteiger partial charge in [-0.05, 0) is 62.4 Å². The van der Waals surface area contributed by atoms with Crippen LogP contribution < -0.4 is 5.32 Å². The number of piperidine rings is 1. The summed E-state index contributed by atoms with van der Waals surface area (Å²) in [5.41, 5.74) is 2.24. The lowest BCUT2D eigenvalue weighted by Gasteiger charge is -2.30. The van der Waals surface area contributed by atoms with Crippen molar-refractivity contribution in [2.75, 3.05) is 18.4 Å². The molecule has 0 radical (unpaired) electrons. The van der Waals surface area contributed by atoms with Gasteiger partial charge < -0.3 is 5.32 Å². The van der Waals surface area contributed by atoms with Crippen molar-refractivity contribution in [2.45, 2.75) is 53.0 Å². The van der Waals surface area contributed by atoms with Crippen LogP contribution in [0.1, 0.15) is 52.0 Å². The first-order chi connectivity index (χ1) is 10.6. The van der Waals surface area contributed by atoms with Crippen molar-refractivity contribution < 1.29 is 4.79 Å². The summed E-state index contributed by atoms with van der Waals surface area (Å²) in [5, 5.41) is 3.03. The molecule has 0 bridgehead atoms. The number of anilines is 1. The second-order valence-corrected chi connectivity index (χ2v) is 6.66. The molecule has 1 aliphatic rings. The lowest BCUT2D eigenvalue weighted by molar-refractivity contribution is -0.120. The van der Waals surface area contributed by atoms with Crippen LogP contribution in [0.15, 0.2) is 24.3 Å². The first-order valence-corrected chi connectivity index (χ1v) is 8.74. The van der Waals surface area contributed by atoms with E-state index < -0.39 is 0 Å². The van der Waals surface area contributed by atoms with E-state index in [-0.39, 0.29) is 11.8 Å². The normalized spacial score (nSPS) is 16.9. The Hall–Kier alpha value is -1.35. The van der Waals surface area contributed by atoms with Gasteiger partial charge in [0.1, 0.15) is 0 Å². The molecule has 1 N–H and O–H groups in total. The van der Waals surface area contributed by atoms with E-state index in [1.165, 1.54) is 31.5 Å². The zero-order valence-corrected chi connectivity index (χ0v) is 14.3. The molecule has 22 heavy (non-hydrogen) atoms. The van der Waals surface area contributed by atoms with Gasteiger partial charge in [-0.1, -0.05) is 32.9 Å². The van der Waals surface area contributed by atoms with Gasteiger partial charge in [0.05, 0.1) is 0 Å². The Morgan fingerprint density at radius 2 is 1.77 bits per heavy atom. The van der Waals surface area contributed by atoms with Crippen molar-refractivity contribution in [1.82, 2.24) is 4.90 Å². The van der Waals surface area contributed by atoms with Crippen molar-refractivity contribution in [1.29, 1.82) is 0 Å². The number of nitrogens with zero attached hydrogens (tertiary/aromatic N) is 1. The standard InChI is InChI=1S/C19H30N2O/c1-4-17(5-2)19(22)20-18-8-6-16(7-9-18)14-21-12-10-15(3)11-13-21/h6-9,15,17H,4-5,10-14H2,1-3H3,(H,20,22). The molecule has 3 nitrogen and oxygen atoms in total. The summed E-state index contributed by atoms with van der Waals surface area (Å²) in [6.07, 6.45) is 4.41. The van der Waals surface area contributed by atoms with Gasteiger partial charge in [0.25, 0.3) is 0 Å². The van der Waals surface area contributed by atoms with Crippen LogP contribution in [0.3, 0.4) is 0 Å². The van der Waals surface area contributed by atoms with Crippen LogP contribution >= 0.6 is 0 Å². The fourth-order valence-electron chi connectivity index (χ4n) is 3.08. The van der Waals surface area contributed by atoms with Crippen LogP contribution in [0.5, 0.6) is 0 Å². The van der Waals surface area contributed by atoms with E-state index in [2.05, 4.69) is 43.1 Å². The molecule has 0 atom stereocenters. The SMILES string of the molecule is CCC(CC)C(=O)Nc1ccc(CN2CCC(C)CC2)cc1. The molecule has 2 rings (SSSR count). The largest absolute Gasteiger partial charge is 0.326 e. The third kappa shape index (κ3) is 4.84. The van der Waals surface area contributed by atoms with Crippen LogP contribution in [-0.4, -0.2) is 23.9 Å². The highest BCUT2D eigenvalue weighted by molar-refractivity contribution is 5.92. The minimum Gasteiger partial charge on any atom is -0.326 e. The molecule has 1 aromatic rings. The Morgan fingerprint density at radius 3 is 2.32 bits per heavy atom. The number of likely N-dealkylation sites (tertiary alicyclic amines) is 1. The summed E-state index contributed by atoms with van der Waals surface area (Å²) < 4.78 is 0. The molecule has 1 fully saturated rings. The zero-order valence-electron chi connectivity index (χ0n) is 14.3. The predicted molar refractivity (Wildman–Crippen MR) is 92.8 cm³/mol. The Bertz CT molecular complexity index is 457. The molecule has 0 aliphatic carbocycles. The summed E-state index contributed by atoms with van der Waals surface area (Å²) in [7, 11) is 0. The molecule has 0 spiro atoms. The third-order valence-electron chi connectivity index (χ3n) is 4.86. The maximum absolute atomic E-state index is 12.1. The number of hydrogen-bond donors (Lipinski definition) is 1. The number of benzene rings is 1. The van der Waals surface area contributed by atoms with Crippen molar-refractivity contribution in [3.8, 4) is 0 Å². The van der Waals surface area contributed by atoms with Crippen molar-refractivity contribution >= 4 is 11.6 Å². The van der Waals surface area contributed by atoms with E-state index in [9.17, 15) is 4.79 Å². The monoisotopic (exact) mass is 302 g/mol. The van der Waals surface area contributed by atoms with Crippen molar-refractivity contribution in [2.24, 2.45) is 11.8 Å². The molecule has 0 unspecified atom stereocenters. The molecule has 1 amide bonds. The molecule has 1 aliphatic heterocycles. The smallest absolute Gasteiger partial charge is 0.227 e. The zero-order chi connectivity index (χ0) is 15.9. The van der Waals surface area contributed by atoms with Gasteiger partial charge in [-0.2, -0.15) is 0 Å². The molecule has 1 heterocycles. The number of hydrogen-bond acceptors (Lipinski definition) is 2. The fraction of sp³-hybridized carbons (Fsp3) is 0.632. The van der Waals surface area contributed by atoms with Gasteiger partial charge in [0.15, 0.2) is 0 Å². The van der Waals surface area contributed by atoms with E-state index in [4.69, 9.17) is 0 Å².